The summed E-state index contributed by atoms with van der Waals surface area (Å²) >= 11 is 0. The van der Waals surface area contributed by atoms with Crippen molar-refractivity contribution in [1.29, 1.82) is 0 Å². The number of hydrogen-bond donors (Lipinski definition) is 0. The van der Waals surface area contributed by atoms with Crippen LogP contribution in [0.25, 0.3) is 21.5 Å². The molecule has 0 saturated heterocycles. The van der Waals surface area contributed by atoms with Gasteiger partial charge in [-0.25, -0.2) is 0 Å². The Morgan fingerprint density at radius 2 is 0.717 bits per heavy atom. The molecule has 210 valence electrons. The quantitative estimate of drug-likeness (QED) is 0.142. The number of phosphoric acid groups is 2. The smallest absolute Gasteiger partial charge is 0.780 e. The van der Waals surface area contributed by atoms with Gasteiger partial charge in [-0.15, -0.1) is 0 Å². The molecule has 4 atom stereocenters. The fraction of sp³-hybridized carbons (Fsp3) is 0.188. The molecular weight excluding hydrogens is 602 g/mol. The molecule has 46 heavy (non-hydrogen) atoms. The summed E-state index contributed by atoms with van der Waals surface area (Å²) in [5, 5.41) is 4.03. The normalized spacial score (nSPS) is 20.8. The van der Waals surface area contributed by atoms with E-state index in [1.165, 1.54) is 0 Å². The Balaban J connectivity index is 0.00000104. The van der Waals surface area contributed by atoms with Crippen molar-refractivity contribution in [2.24, 2.45) is 0 Å². The van der Waals surface area contributed by atoms with Gasteiger partial charge in [-0.2, -0.15) is 0 Å². The van der Waals surface area contributed by atoms with Crippen LogP contribution in [0.3, 0.4) is 0 Å². The van der Waals surface area contributed by atoms with Gasteiger partial charge in [0.2, 0.25) is 0 Å². The Hall–Kier alpha value is -1.09. The van der Waals surface area contributed by atoms with E-state index in [2.05, 4.69) is 24.3 Å². The summed E-state index contributed by atoms with van der Waals surface area (Å²) in [4.78, 5) is 49.0. The third-order valence-electron chi connectivity index (χ3n) is 9.71. The maximum Gasteiger partial charge on any atom is 1.00 e. The van der Waals surface area contributed by atoms with E-state index in [0.717, 1.165) is 43.8 Å². The van der Waals surface area contributed by atoms with Crippen molar-refractivity contribution in [3.8, 4) is 11.5 Å². The van der Waals surface area contributed by atoms with E-state index in [0.29, 0.717) is 35.1 Å². The molecule has 5 aromatic carbocycles. The van der Waals surface area contributed by atoms with E-state index in [-0.39, 0.29) is 111 Å². The predicted octanol–water partition coefficient (Wildman–Crippen LogP) is -7.61. The number of phosphoric ester groups is 2. The van der Waals surface area contributed by atoms with Crippen LogP contribution in [0, 0.1) is 0 Å². The van der Waals surface area contributed by atoms with Crippen molar-refractivity contribution in [2.75, 3.05) is 0 Å². The van der Waals surface area contributed by atoms with E-state index in [1.807, 2.05) is 48.5 Å². The van der Waals surface area contributed by atoms with Gasteiger partial charge >= 0.3 is 75.4 Å². The molecule has 0 saturated carbocycles. The molecule has 0 aromatic heterocycles. The van der Waals surface area contributed by atoms with Gasteiger partial charge in [-0.05, 0) is 56.6 Å². The van der Waals surface area contributed by atoms with Crippen LogP contribution < -0.4 is 104 Å². The molecule has 0 amide bonds. The molecular formula is C32H20Li4O8P2. The zero-order chi connectivity index (χ0) is 28.7. The minimum absolute atomic E-state index is 0. The summed E-state index contributed by atoms with van der Waals surface area (Å²) in [6.45, 7) is 0. The molecule has 0 heterocycles. The Morgan fingerprint density at radius 1 is 0.478 bits per heavy atom. The number of benzene rings is 5. The van der Waals surface area contributed by atoms with Crippen molar-refractivity contribution in [3.05, 3.63) is 117 Å². The molecule has 5 aromatic rings. The van der Waals surface area contributed by atoms with Gasteiger partial charge in [-0.3, -0.25) is 0 Å². The van der Waals surface area contributed by atoms with Crippen molar-refractivity contribution in [1.82, 2.24) is 0 Å². The fourth-order valence-corrected chi connectivity index (χ4v) is 9.25. The Bertz CT molecular complexity index is 1890. The number of fused-ring (bicyclic) bond motifs is 18. The molecule has 4 bridgehead atoms. The maximum atomic E-state index is 12.2. The minimum Gasteiger partial charge on any atom is -0.780 e. The van der Waals surface area contributed by atoms with Crippen molar-refractivity contribution < 1.29 is 113 Å². The van der Waals surface area contributed by atoms with Gasteiger partial charge in [0.1, 0.15) is 27.1 Å². The Morgan fingerprint density at radius 3 is 0.935 bits per heavy atom. The molecule has 0 fully saturated rings. The summed E-state index contributed by atoms with van der Waals surface area (Å²) in [7, 11) is -11.0. The molecule has 0 spiro atoms. The topological polar surface area (TPSA) is 145 Å². The average molecular weight is 622 g/mol. The van der Waals surface area contributed by atoms with Crippen LogP contribution in [0.15, 0.2) is 72.8 Å². The standard InChI is InChI=1S/C32H24O8P2.4Li/c33-41(34,35)39-31-27-23-13-24(20-10-16-6-2-1-5-15(16)9-19(20)23)28(27)32(40-42(36,37)38)30-26-14-25(29(30)31)21-11-17-7-3-4-8-18(17)12-22(21)26;;;;/h1-12,23-26H,13-14H2,(H2,33,34,35)(H2,36,37,38);;;;/q;4*+1/p-4/t23-,24+,25-,26+;;;;. The molecule has 0 N–H and O–H groups in total. The molecule has 8 nitrogen and oxygen atoms in total. The van der Waals surface area contributed by atoms with Gasteiger partial charge in [0.15, 0.2) is 0 Å². The number of hydrogen-bond acceptors (Lipinski definition) is 8. The molecule has 0 aliphatic heterocycles. The summed E-state index contributed by atoms with van der Waals surface area (Å²) < 4.78 is 35.2. The summed E-state index contributed by atoms with van der Waals surface area (Å²) in [6, 6.07) is 24.0. The van der Waals surface area contributed by atoms with E-state index in [1.54, 1.807) is 0 Å². The van der Waals surface area contributed by atoms with Crippen LogP contribution in [0.2, 0.25) is 0 Å². The first kappa shape index (κ1) is 36.2. The van der Waals surface area contributed by atoms with Crippen LogP contribution in [-0.4, -0.2) is 0 Å². The largest absolute Gasteiger partial charge is 1.00 e. The summed E-state index contributed by atoms with van der Waals surface area (Å²) in [5.41, 5.74) is 5.62. The molecule has 14 heteroatoms. The second-order valence-electron chi connectivity index (χ2n) is 11.7. The molecule has 9 rings (SSSR count). The van der Waals surface area contributed by atoms with Crippen LogP contribution in [0.1, 0.15) is 81.0 Å². The van der Waals surface area contributed by atoms with E-state index >= 15 is 0 Å². The summed E-state index contributed by atoms with van der Waals surface area (Å²) in [5.74, 6) is -1.47. The minimum atomic E-state index is -5.52. The van der Waals surface area contributed by atoms with Crippen LogP contribution >= 0.6 is 15.6 Å². The second-order valence-corrected chi connectivity index (χ2v) is 13.9. The molecule has 0 radical (unpaired) electrons. The first-order chi connectivity index (χ1) is 20.1. The Labute approximate surface area is 313 Å². The van der Waals surface area contributed by atoms with E-state index in [4.69, 9.17) is 9.05 Å². The van der Waals surface area contributed by atoms with Gasteiger partial charge in [-0.1, -0.05) is 72.8 Å². The SMILES string of the molecule is O=P([O-])([O-])Oc1c2c(c(OP(=O)([O-])[O-])c3c1[C@@H]1C[C@H]3c3cc4ccccc4cc31)[C@H]1C[C@@H]2c2cc3ccccc3cc21.[Li+].[Li+].[Li+].[Li+]. The molecule has 4 aliphatic rings. The third-order valence-corrected chi connectivity index (χ3v) is 10.5. The van der Waals surface area contributed by atoms with Gasteiger partial charge in [0, 0.05) is 45.9 Å². The van der Waals surface area contributed by atoms with Crippen molar-refractivity contribution in [3.63, 3.8) is 0 Å². The monoisotopic (exact) mass is 622 g/mol. The molecule has 4 aliphatic carbocycles. The zero-order valence-electron chi connectivity index (χ0n) is 25.8. The van der Waals surface area contributed by atoms with Crippen LogP contribution in [0.4, 0.5) is 0 Å². The zero-order valence-corrected chi connectivity index (χ0v) is 27.6. The van der Waals surface area contributed by atoms with Crippen LogP contribution in [-0.2, 0) is 9.13 Å². The maximum absolute atomic E-state index is 12.2. The van der Waals surface area contributed by atoms with Gasteiger partial charge in [0.05, 0.1) is 0 Å². The predicted molar refractivity (Wildman–Crippen MR) is 147 cm³/mol. The molecule has 0 unspecified atom stereocenters. The first-order valence-corrected chi connectivity index (χ1v) is 16.7. The number of rotatable bonds is 4. The second kappa shape index (κ2) is 12.4. The fourth-order valence-electron chi connectivity index (χ4n) is 8.41. The first-order valence-electron chi connectivity index (χ1n) is 13.8. The van der Waals surface area contributed by atoms with E-state index < -0.39 is 15.6 Å². The van der Waals surface area contributed by atoms with Crippen molar-refractivity contribution in [2.45, 2.75) is 36.5 Å². The van der Waals surface area contributed by atoms with Crippen molar-refractivity contribution >= 4 is 37.2 Å². The third kappa shape index (κ3) is 5.33. The van der Waals surface area contributed by atoms with Crippen LogP contribution in [0.5, 0.6) is 11.5 Å². The Kier molecular flexibility index (Phi) is 9.72. The summed E-state index contributed by atoms with van der Waals surface area (Å²) in [6.07, 6.45) is 1.04. The van der Waals surface area contributed by atoms with Gasteiger partial charge in [0.25, 0.3) is 0 Å². The average Bonchev–Trinajstić information content (AvgIpc) is 3.69. The van der Waals surface area contributed by atoms with Gasteiger partial charge < -0.3 is 37.8 Å². The van der Waals surface area contributed by atoms with E-state index in [9.17, 15) is 28.7 Å².